The van der Waals surface area contributed by atoms with Crippen LogP contribution < -0.4 is 4.89 Å². The molecule has 0 radical (unpaired) electrons. The minimum Gasteiger partial charge on any atom is -0.756 e. The van der Waals surface area contributed by atoms with E-state index in [9.17, 15) is 4.79 Å². The maximum atomic E-state index is 12.3. The molecule has 1 aliphatic heterocycles. The number of thiophene rings is 1. The van der Waals surface area contributed by atoms with E-state index in [1.807, 2.05) is 29.0 Å². The summed E-state index contributed by atoms with van der Waals surface area (Å²) in [5, 5.41) is 2.66. The highest BCUT2D eigenvalue weighted by Crippen LogP contribution is 2.29. The molecule has 2 aromatic rings. The van der Waals surface area contributed by atoms with E-state index in [-0.39, 0.29) is 5.97 Å². The van der Waals surface area contributed by atoms with Crippen LogP contribution in [-0.4, -0.2) is 40.2 Å². The number of hydrogen-bond donors (Lipinski definition) is 2. The average Bonchev–Trinajstić information content (AvgIpc) is 3.03. The summed E-state index contributed by atoms with van der Waals surface area (Å²) in [6.07, 6.45) is 2.96. The summed E-state index contributed by atoms with van der Waals surface area (Å²) in [5.74, 6) is -0.293. The van der Waals surface area contributed by atoms with E-state index in [4.69, 9.17) is 35.6 Å². The summed E-state index contributed by atoms with van der Waals surface area (Å²) in [6, 6.07) is 8.99. The predicted octanol–water partition coefficient (Wildman–Crippen LogP) is 1.74. The highest BCUT2D eigenvalue weighted by Gasteiger charge is 2.35. The fourth-order valence-electron chi connectivity index (χ4n) is 2.60. The zero-order valence-corrected chi connectivity index (χ0v) is 16.2. The van der Waals surface area contributed by atoms with Gasteiger partial charge in [0.2, 0.25) is 0 Å². The number of carbonyl (C=O) groups excluding carboxylic acids is 1. The monoisotopic (exact) mass is 417 g/mol. The number of hydrogen-bond acceptors (Lipinski definition) is 5. The summed E-state index contributed by atoms with van der Waals surface area (Å²) in [4.78, 5) is 36.6. The Labute approximate surface area is 159 Å². The van der Waals surface area contributed by atoms with Gasteiger partial charge in [-0.1, -0.05) is 29.8 Å². The van der Waals surface area contributed by atoms with Crippen molar-refractivity contribution in [2.45, 2.75) is 12.5 Å². The number of ether oxygens (including phenoxy) is 1. The number of benzene rings is 1. The van der Waals surface area contributed by atoms with Crippen LogP contribution in [0.25, 0.3) is 0 Å². The van der Waals surface area contributed by atoms with Crippen LogP contribution in [0.2, 0.25) is 5.02 Å². The first kappa shape index (κ1) is 20.8. The maximum Gasteiger partial charge on any atom is 0.380 e. The van der Waals surface area contributed by atoms with Gasteiger partial charge in [-0.05, 0) is 17.5 Å². The van der Waals surface area contributed by atoms with Crippen LogP contribution in [0.15, 0.2) is 35.7 Å². The second kappa shape index (κ2) is 8.90. The highest BCUT2D eigenvalue weighted by molar-refractivity contribution is 7.43. The molecule has 0 spiro atoms. The third-order valence-corrected chi connectivity index (χ3v) is 4.98. The SMILES string of the molecule is COC(=O)C(c1ccccc1Cl)[N+]1=Cc2ccsc2CC1.O=P([O-])(O)O. The normalized spacial score (nSPS) is 14.4. The van der Waals surface area contributed by atoms with Gasteiger partial charge in [0.15, 0.2) is 6.21 Å². The van der Waals surface area contributed by atoms with Crippen molar-refractivity contribution in [3.63, 3.8) is 0 Å². The lowest BCUT2D eigenvalue weighted by Gasteiger charge is -2.18. The Kier molecular flexibility index (Phi) is 7.11. The van der Waals surface area contributed by atoms with Crippen molar-refractivity contribution in [1.29, 1.82) is 0 Å². The van der Waals surface area contributed by atoms with E-state index in [2.05, 4.69) is 11.4 Å². The largest absolute Gasteiger partial charge is 0.756 e. The van der Waals surface area contributed by atoms with Crippen molar-refractivity contribution in [2.24, 2.45) is 0 Å². The van der Waals surface area contributed by atoms with Gasteiger partial charge in [-0.2, -0.15) is 0 Å². The number of esters is 1. The third kappa shape index (κ3) is 5.74. The minimum absolute atomic E-state index is 0.293. The van der Waals surface area contributed by atoms with Gasteiger partial charge in [0.25, 0.3) is 13.9 Å². The molecule has 10 heteroatoms. The van der Waals surface area contributed by atoms with Gasteiger partial charge in [-0.25, -0.2) is 9.37 Å². The van der Waals surface area contributed by atoms with E-state index in [0.29, 0.717) is 5.02 Å². The van der Waals surface area contributed by atoms with E-state index in [1.165, 1.54) is 17.6 Å². The number of halogens is 1. The van der Waals surface area contributed by atoms with Crippen molar-refractivity contribution >= 4 is 42.9 Å². The van der Waals surface area contributed by atoms with E-state index in [0.717, 1.165) is 18.5 Å². The summed E-state index contributed by atoms with van der Waals surface area (Å²) in [7, 11) is -3.48. The zero-order valence-electron chi connectivity index (χ0n) is 13.7. The standard InChI is InChI=1S/C16H15ClNO2S.H3O4P/c1-20-16(19)15(12-4-2-3-5-13(12)17)18-8-6-14-11(10-18)7-9-21-14;1-5(2,3)4/h2-5,7,9-10,15H,6,8H2,1H3;(H3,1,2,3,4)/q+1;/p-1. The maximum absolute atomic E-state index is 12.3. The molecular formula is C16H17ClNO6PS. The summed E-state index contributed by atoms with van der Waals surface area (Å²) in [6.45, 7) is 0.776. The molecule has 1 aromatic carbocycles. The predicted molar refractivity (Wildman–Crippen MR) is 96.6 cm³/mol. The topological polar surface area (TPSA) is 110 Å². The molecule has 3 rings (SSSR count). The van der Waals surface area contributed by atoms with Gasteiger partial charge >= 0.3 is 5.97 Å². The number of fused-ring (bicyclic) bond motifs is 1. The van der Waals surface area contributed by atoms with E-state index >= 15 is 0 Å². The molecule has 0 saturated carbocycles. The Morgan fingerprint density at radius 1 is 1.38 bits per heavy atom. The molecule has 7 nitrogen and oxygen atoms in total. The molecule has 1 aliphatic rings. The Balaban J connectivity index is 0.000000431. The molecule has 26 heavy (non-hydrogen) atoms. The molecule has 2 heterocycles. The van der Waals surface area contributed by atoms with Gasteiger partial charge in [-0.15, -0.1) is 11.3 Å². The lowest BCUT2D eigenvalue weighted by atomic mass is 10.0. The first-order chi connectivity index (χ1) is 12.2. The Morgan fingerprint density at radius 3 is 2.65 bits per heavy atom. The molecule has 1 atom stereocenters. The zero-order chi connectivity index (χ0) is 19.3. The van der Waals surface area contributed by atoms with Gasteiger partial charge in [-0.3, -0.25) is 4.57 Å². The van der Waals surface area contributed by atoms with Gasteiger partial charge in [0.1, 0.15) is 6.54 Å². The smallest absolute Gasteiger partial charge is 0.380 e. The molecule has 0 amide bonds. The van der Waals surface area contributed by atoms with Crippen molar-refractivity contribution in [1.82, 2.24) is 0 Å². The van der Waals surface area contributed by atoms with Crippen LogP contribution in [0.5, 0.6) is 0 Å². The van der Waals surface area contributed by atoms with Crippen LogP contribution in [0.1, 0.15) is 22.0 Å². The molecule has 0 fully saturated rings. The van der Waals surface area contributed by atoms with Crippen molar-refractivity contribution < 1.29 is 33.4 Å². The second-order valence-electron chi connectivity index (χ2n) is 5.35. The Morgan fingerprint density at radius 2 is 2.04 bits per heavy atom. The quantitative estimate of drug-likeness (QED) is 0.447. The highest BCUT2D eigenvalue weighted by atomic mass is 35.5. The minimum atomic E-state index is -4.89. The molecule has 0 bridgehead atoms. The molecular weight excluding hydrogens is 401 g/mol. The van der Waals surface area contributed by atoms with Crippen molar-refractivity contribution in [3.8, 4) is 0 Å². The van der Waals surface area contributed by atoms with Crippen LogP contribution in [-0.2, 0) is 20.5 Å². The average molecular weight is 418 g/mol. The number of carbonyl (C=O) groups is 1. The van der Waals surface area contributed by atoms with E-state index in [1.54, 1.807) is 17.4 Å². The fraction of sp³-hybridized carbons (Fsp3) is 0.250. The lowest BCUT2D eigenvalue weighted by Crippen LogP contribution is -2.32. The van der Waals surface area contributed by atoms with Crippen LogP contribution in [0.3, 0.4) is 0 Å². The first-order valence-electron chi connectivity index (χ1n) is 7.46. The summed E-state index contributed by atoms with van der Waals surface area (Å²) >= 11 is 8.02. The lowest BCUT2D eigenvalue weighted by molar-refractivity contribution is -0.557. The van der Waals surface area contributed by atoms with Gasteiger partial charge in [0.05, 0.1) is 17.7 Å². The van der Waals surface area contributed by atoms with Crippen molar-refractivity contribution in [3.05, 3.63) is 56.7 Å². The van der Waals surface area contributed by atoms with Crippen LogP contribution in [0, 0.1) is 0 Å². The molecule has 2 N–H and O–H groups in total. The number of nitrogens with zero attached hydrogens (tertiary/aromatic N) is 1. The van der Waals surface area contributed by atoms with Crippen LogP contribution in [0.4, 0.5) is 0 Å². The first-order valence-corrected chi connectivity index (χ1v) is 10.2. The number of rotatable bonds is 3. The Hall–Kier alpha value is -1.54. The van der Waals surface area contributed by atoms with Crippen molar-refractivity contribution in [2.75, 3.05) is 13.7 Å². The van der Waals surface area contributed by atoms with Crippen LogP contribution >= 0.6 is 30.8 Å². The Bertz CT molecular complexity index is 854. The molecule has 0 saturated heterocycles. The van der Waals surface area contributed by atoms with Gasteiger partial charge < -0.3 is 19.4 Å². The number of methoxy groups -OCH3 is 1. The summed E-state index contributed by atoms with van der Waals surface area (Å²) in [5.41, 5.74) is 1.95. The molecule has 140 valence electrons. The second-order valence-corrected chi connectivity index (χ2v) is 7.74. The summed E-state index contributed by atoms with van der Waals surface area (Å²) < 4.78 is 15.8. The fourth-order valence-corrected chi connectivity index (χ4v) is 3.68. The molecule has 0 aliphatic carbocycles. The molecule has 1 aromatic heterocycles. The van der Waals surface area contributed by atoms with Gasteiger partial charge in [0, 0.05) is 16.9 Å². The number of phosphoric acid groups is 1. The third-order valence-electron chi connectivity index (χ3n) is 3.64. The van der Waals surface area contributed by atoms with E-state index < -0.39 is 13.9 Å². The molecule has 1 unspecified atom stereocenters.